The van der Waals surface area contributed by atoms with Crippen molar-refractivity contribution in [2.24, 2.45) is 0 Å². The van der Waals surface area contributed by atoms with Crippen LogP contribution >= 0.6 is 0 Å². The van der Waals surface area contributed by atoms with Gasteiger partial charge in [-0.15, -0.1) is 0 Å². The Bertz CT molecular complexity index is 6520. The van der Waals surface area contributed by atoms with E-state index in [-0.39, 0.29) is 101 Å². The summed E-state index contributed by atoms with van der Waals surface area (Å²) in [5, 5.41) is 0. The number of aryl methyl sites for hydroxylation is 4. The number of aromatic nitrogens is 8. The first-order chi connectivity index (χ1) is 56.5. The van der Waals surface area contributed by atoms with Crippen molar-refractivity contribution in [1.82, 2.24) is 48.8 Å². The number of aromatic amines is 4. The fourth-order valence-electron chi connectivity index (χ4n) is 15.4. The molecule has 0 radical (unpaired) electrons. The quantitative estimate of drug-likeness (QED) is 0.0473. The average molecular weight is 1680 g/mol. The molecule has 16 bridgehead atoms. The van der Waals surface area contributed by atoms with Gasteiger partial charge in [0.2, 0.25) is 11.6 Å². The predicted octanol–water partition coefficient (Wildman–Crippen LogP) is 29.5. The zero-order valence-electron chi connectivity index (χ0n) is 65.6. The van der Waals surface area contributed by atoms with E-state index in [9.17, 15) is 26.3 Å². The van der Waals surface area contributed by atoms with Gasteiger partial charge in [-0.25, -0.2) is 63.8 Å². The van der Waals surface area contributed by atoms with Crippen molar-refractivity contribution in [2.45, 2.75) is 72.3 Å². The maximum atomic E-state index is 15.8. The Hall–Kier alpha value is -13.8. The van der Waals surface area contributed by atoms with E-state index in [1.165, 1.54) is 71.1 Å². The molecule has 8 aromatic carbocycles. The second kappa shape index (κ2) is 35.3. The number of hydrogen-bond donors (Lipinski definition) is 4. The number of benzene rings is 8. The molecular formula is C104H98F10N10+2. The highest BCUT2D eigenvalue weighted by Crippen LogP contribution is 2.45. The zero-order valence-corrected chi connectivity index (χ0v) is 65.6. The van der Waals surface area contributed by atoms with Gasteiger partial charge in [-0.2, -0.15) is 0 Å². The molecule has 124 heavy (non-hydrogen) atoms. The molecule has 0 saturated carbocycles. The van der Waals surface area contributed by atoms with Crippen LogP contribution in [0.4, 0.5) is 55.3 Å². The van der Waals surface area contributed by atoms with Crippen LogP contribution in [0, 0.1) is 85.9 Å². The van der Waals surface area contributed by atoms with Crippen LogP contribution in [0.5, 0.6) is 0 Å². The molecule has 18 rings (SSSR count). The number of nitrogens with zero attached hydrogens (tertiary/aromatic N) is 6. The Morgan fingerprint density at radius 1 is 0.185 bits per heavy atom. The minimum atomic E-state index is -2.35. The zero-order chi connectivity index (χ0) is 82.7. The van der Waals surface area contributed by atoms with E-state index in [0.29, 0.717) is 11.1 Å². The van der Waals surface area contributed by atoms with Crippen LogP contribution in [-0.4, -0.2) is 82.2 Å². The van der Waals surface area contributed by atoms with Gasteiger partial charge < -0.3 is 19.9 Å². The van der Waals surface area contributed by atoms with Gasteiger partial charge >= 0.3 is 0 Å². The summed E-state index contributed by atoms with van der Waals surface area (Å²) in [5.41, 5.74) is 20.6. The summed E-state index contributed by atoms with van der Waals surface area (Å²) in [7, 11) is 13.2. The monoisotopic (exact) mass is 1680 g/mol. The summed E-state index contributed by atoms with van der Waals surface area (Å²) in [6.07, 6.45) is 14.2. The topological polar surface area (TPSA) is 115 Å². The van der Waals surface area contributed by atoms with Crippen LogP contribution in [-0.2, 0) is 0 Å². The number of fused-ring (bicyclic) bond motifs is 16. The third-order valence-electron chi connectivity index (χ3n) is 21.6. The highest BCUT2D eigenvalue weighted by molar-refractivity contribution is 6.03. The summed E-state index contributed by atoms with van der Waals surface area (Å²) in [6, 6.07) is 63.5. The van der Waals surface area contributed by atoms with E-state index in [1.54, 1.807) is 48.5 Å². The normalized spacial score (nSPS) is 11.8. The van der Waals surface area contributed by atoms with Gasteiger partial charge in [0.05, 0.1) is 99.0 Å². The first-order valence-electron chi connectivity index (χ1n) is 38.0. The number of nitrogens with one attached hydrogen (secondary N) is 4. The fraction of sp³-hybridized carbons (Fsp3) is 0.154. The largest absolute Gasteiger partial charge is 0.354 e. The Balaban J connectivity index is 0.000000230. The molecule has 632 valence electrons. The van der Waals surface area contributed by atoms with Crippen LogP contribution in [0.2, 0.25) is 0 Å². The summed E-state index contributed by atoms with van der Waals surface area (Å²) in [5.74, 6) is -21.8. The molecule has 4 N–H and O–H groups in total. The van der Waals surface area contributed by atoms with Crippen LogP contribution in [0.3, 0.4) is 0 Å². The van der Waals surface area contributed by atoms with Crippen molar-refractivity contribution in [3.05, 3.63) is 320 Å². The van der Waals surface area contributed by atoms with Crippen LogP contribution < -0.4 is 8.97 Å². The van der Waals surface area contributed by atoms with E-state index in [4.69, 9.17) is 9.97 Å². The number of quaternary nitrogens is 2. The number of H-pyrrole nitrogens is 4. The van der Waals surface area contributed by atoms with Gasteiger partial charge in [-0.05, 0) is 207 Å². The molecule has 0 fully saturated rings. The highest BCUT2D eigenvalue weighted by atomic mass is 19.2. The SMILES string of the molecule is C.C.C.C.C.C.Cc1ccc(-c2c3nc(c(-c4c(F)c(F)c(F)c(F)c4F)c4ccc([nH]4)c(-c4ccc(C)cc4)c4nc(c(-c5c(F)c(F)c(F)c(F)c5F)c5ccc2[nH]5)C=C4)C=C3)cc1.Cc1ccc(-c2c3nc(c(-c4ccc([N+](C)(C)C)cc4)c4ccc([nH]4)c(-c4ccc([N+](C)(C)C)cc4)c4nc(c(-c5ccc(C)cc5)c5ccc2[nH]5)C=C4)C=C3)cc1. The molecule has 14 aromatic rings. The molecule has 0 amide bonds. The van der Waals surface area contributed by atoms with Crippen LogP contribution in [0.15, 0.2) is 194 Å². The fourth-order valence-corrected chi connectivity index (χ4v) is 15.4. The van der Waals surface area contributed by atoms with E-state index in [2.05, 4.69) is 232 Å². The number of rotatable bonds is 10. The van der Waals surface area contributed by atoms with E-state index >= 15 is 17.6 Å². The van der Waals surface area contributed by atoms with Gasteiger partial charge in [-0.1, -0.05) is 164 Å². The standard InChI is InChI=1S/C52H50N6.C46H24F10N4.6CH4/c1-33-9-13-35(14-10-33)49-41-25-26-42(53-41)50(36-15-11-34(2)12-16-36)44-28-30-46(55-44)52(38-19-23-40(24-20-38)58(6,7)8)48-32-31-47(56-48)51(45-29-27-43(49)54-45)37-17-21-39(22-18-37)57(3,4)5;1-19-3-7-21(8-4-19)31-23-11-15-27(57-23)33(35-37(47)41(51)45(55)42(52)38(35)48)29-17-13-25(59-29)32(22-9-5-20(2)6-10-22)26-14-18-30(60-26)34(28-16-12-24(31)58-28)36-39(49)43(53)46(56)44(54)40(36)50;;;;;;/h9-32,53,56H,1-8H3;3-18,57,60H,1-2H3;6*1H4/q+2;;;;;;;. The first-order valence-corrected chi connectivity index (χ1v) is 38.0. The van der Waals surface area contributed by atoms with Crippen molar-refractivity contribution < 1.29 is 43.9 Å². The molecular weight excluding hydrogens is 1580 g/mol. The van der Waals surface area contributed by atoms with E-state index in [0.717, 1.165) is 109 Å². The van der Waals surface area contributed by atoms with Crippen molar-refractivity contribution in [3.8, 4) is 89.0 Å². The maximum absolute atomic E-state index is 15.8. The lowest BCUT2D eigenvalue weighted by Crippen LogP contribution is -2.34. The maximum Gasteiger partial charge on any atom is 0.200 e. The van der Waals surface area contributed by atoms with Crippen molar-refractivity contribution in [2.75, 3.05) is 42.3 Å². The summed E-state index contributed by atoms with van der Waals surface area (Å²) in [4.78, 5) is 34.1. The van der Waals surface area contributed by atoms with Gasteiger partial charge in [0, 0.05) is 88.6 Å². The van der Waals surface area contributed by atoms with Gasteiger partial charge in [0.1, 0.15) is 11.4 Å². The lowest BCUT2D eigenvalue weighted by atomic mass is 10.0. The molecule has 10 heterocycles. The molecule has 0 spiro atoms. The average Bonchev–Trinajstić information content (AvgIpc) is 1.51. The number of halogens is 10. The minimum absolute atomic E-state index is 0. The summed E-state index contributed by atoms with van der Waals surface area (Å²) in [6.45, 7) is 7.90. The molecule has 0 atom stereocenters. The van der Waals surface area contributed by atoms with E-state index in [1.807, 2.05) is 13.8 Å². The Morgan fingerprint density at radius 3 is 0.500 bits per heavy atom. The third kappa shape index (κ3) is 16.5. The van der Waals surface area contributed by atoms with Crippen LogP contribution in [0.1, 0.15) is 112 Å². The van der Waals surface area contributed by atoms with Gasteiger partial charge in [0.15, 0.2) is 46.5 Å². The Kier molecular flexibility index (Phi) is 25.9. The lowest BCUT2D eigenvalue weighted by molar-refractivity contribution is 0.381. The van der Waals surface area contributed by atoms with Crippen molar-refractivity contribution in [3.63, 3.8) is 0 Å². The summed E-state index contributed by atoms with van der Waals surface area (Å²) < 4.78 is 153. The predicted molar refractivity (Wildman–Crippen MR) is 499 cm³/mol. The van der Waals surface area contributed by atoms with Gasteiger partial charge in [-0.3, -0.25) is 8.97 Å². The number of hydrogen-bond acceptors (Lipinski definition) is 4. The molecule has 10 nitrogen and oxygen atoms in total. The molecule has 0 unspecified atom stereocenters. The second-order valence-electron chi connectivity index (χ2n) is 31.5. The smallest absolute Gasteiger partial charge is 0.200 e. The summed E-state index contributed by atoms with van der Waals surface area (Å²) >= 11 is 0. The minimum Gasteiger partial charge on any atom is -0.354 e. The molecule has 6 aromatic heterocycles. The second-order valence-corrected chi connectivity index (χ2v) is 31.5. The highest BCUT2D eigenvalue weighted by Gasteiger charge is 2.33. The Morgan fingerprint density at radius 2 is 0.331 bits per heavy atom. The molecule has 20 heteroatoms. The third-order valence-corrected chi connectivity index (χ3v) is 21.6. The molecule has 4 aliphatic heterocycles. The van der Waals surface area contributed by atoms with E-state index < -0.39 is 80.4 Å². The lowest BCUT2D eigenvalue weighted by Gasteiger charge is -2.23. The van der Waals surface area contributed by atoms with Gasteiger partial charge in [0.25, 0.3) is 0 Å². The molecule has 4 aliphatic rings. The molecule has 0 aliphatic carbocycles. The Labute approximate surface area is 716 Å². The van der Waals surface area contributed by atoms with Crippen molar-refractivity contribution >= 4 is 104 Å². The van der Waals surface area contributed by atoms with Crippen LogP contribution in [0.25, 0.3) is 182 Å². The van der Waals surface area contributed by atoms with Crippen molar-refractivity contribution in [1.29, 1.82) is 0 Å². The molecule has 0 saturated heterocycles. The first kappa shape index (κ1) is 90.9.